The molecule has 0 aliphatic rings. The molecule has 0 aliphatic heterocycles. The van der Waals surface area contributed by atoms with E-state index in [1.165, 1.54) is 0 Å². The van der Waals surface area contributed by atoms with Crippen molar-refractivity contribution in [2.24, 2.45) is 0 Å². The molecule has 0 aliphatic carbocycles. The molecular weight excluding hydrogens is 346 g/mol. The normalized spacial score (nSPS) is 15.3. The van der Waals surface area contributed by atoms with Crippen molar-refractivity contribution in [2.75, 3.05) is 13.2 Å². The Bertz CT molecular complexity index is 439. The minimum atomic E-state index is -5.01. The summed E-state index contributed by atoms with van der Waals surface area (Å²) in [5, 5.41) is 10.3. The number of alkyl halides is 3. The summed E-state index contributed by atoms with van der Waals surface area (Å²) in [4.78, 5) is 11.0. The Morgan fingerprint density at radius 3 is 2.33 bits per heavy atom. The Morgan fingerprint density at radius 2 is 1.92 bits per heavy atom. The maximum Gasteiger partial charge on any atom is 0.471 e. The van der Waals surface area contributed by atoms with Crippen LogP contribution >= 0.6 is 8.53 Å². The van der Waals surface area contributed by atoms with E-state index in [0.717, 1.165) is 0 Å². The molecule has 0 fully saturated rings. The van der Waals surface area contributed by atoms with Gasteiger partial charge >= 0.3 is 12.1 Å². The van der Waals surface area contributed by atoms with Gasteiger partial charge in [-0.05, 0) is 34.6 Å². The van der Waals surface area contributed by atoms with Gasteiger partial charge in [-0.25, -0.2) is 4.67 Å². The minimum Gasteiger partial charge on any atom is -0.343 e. The Kier molecular flexibility index (Phi) is 9.52. The first-order valence-electron chi connectivity index (χ1n) is 8.13. The number of hydrogen-bond acceptors (Lipinski definition) is 5. The fraction of sp³-hybridized carbons (Fsp3) is 0.857. The van der Waals surface area contributed by atoms with E-state index in [1.54, 1.807) is 5.32 Å². The third-order valence-electron chi connectivity index (χ3n) is 2.64. The van der Waals surface area contributed by atoms with Gasteiger partial charge in [0.1, 0.15) is 0 Å². The zero-order chi connectivity index (χ0) is 19.6. The van der Waals surface area contributed by atoms with Gasteiger partial charge in [0.05, 0.1) is 31.7 Å². The first kappa shape index (κ1) is 21.1. The highest BCUT2D eigenvalue weighted by molar-refractivity contribution is 7.44. The first-order valence-corrected chi connectivity index (χ1v) is 8.55. The number of nitrogens with one attached hydrogen (secondary N) is 1. The zero-order valence-electron chi connectivity index (χ0n) is 15.3. The zero-order valence-corrected chi connectivity index (χ0v) is 15.2. The van der Waals surface area contributed by atoms with Gasteiger partial charge in [-0.2, -0.15) is 18.4 Å². The van der Waals surface area contributed by atoms with Crippen molar-refractivity contribution < 1.29 is 28.4 Å². The van der Waals surface area contributed by atoms with Crippen molar-refractivity contribution in [1.29, 1.82) is 5.26 Å². The maximum absolute atomic E-state index is 12.3. The minimum absolute atomic E-state index is 0.0346. The molecule has 0 aromatic rings. The van der Waals surface area contributed by atoms with E-state index >= 15 is 0 Å². The van der Waals surface area contributed by atoms with E-state index in [9.17, 15) is 18.0 Å². The lowest BCUT2D eigenvalue weighted by molar-refractivity contribution is -0.174. The number of nitrogens with zero attached hydrogens (tertiary/aromatic N) is 2. The SMILES string of the molecule is [2H]C[C@@H](COP(OCCC#N)N(C(C)C)C(C)C)NC(=O)C(F)(F)F. The summed E-state index contributed by atoms with van der Waals surface area (Å²) in [5.74, 6) is -2.10. The molecule has 0 radical (unpaired) electrons. The number of hydrogen-bond donors (Lipinski definition) is 1. The van der Waals surface area contributed by atoms with Crippen LogP contribution in [0.4, 0.5) is 13.2 Å². The van der Waals surface area contributed by atoms with E-state index in [2.05, 4.69) is 0 Å². The van der Waals surface area contributed by atoms with E-state index in [0.29, 0.717) is 0 Å². The van der Waals surface area contributed by atoms with Gasteiger partial charge in [0, 0.05) is 13.5 Å². The molecule has 10 heteroatoms. The smallest absolute Gasteiger partial charge is 0.343 e. The average Bonchev–Trinajstić information content (AvgIpc) is 2.48. The predicted octanol–water partition coefficient (Wildman–Crippen LogP) is 3.35. The van der Waals surface area contributed by atoms with Crippen LogP contribution in [0, 0.1) is 11.3 Å². The van der Waals surface area contributed by atoms with Gasteiger partial charge in [0.15, 0.2) is 0 Å². The van der Waals surface area contributed by atoms with Gasteiger partial charge in [-0.3, -0.25) is 4.79 Å². The number of carbonyl (C=O) groups excluding carboxylic acids is 1. The maximum atomic E-state index is 12.3. The largest absolute Gasteiger partial charge is 0.471 e. The molecular formula is C14H25F3N3O3P. The molecule has 0 saturated carbocycles. The first-order chi connectivity index (χ1) is 11.5. The molecule has 140 valence electrons. The molecule has 0 spiro atoms. The molecule has 0 aromatic carbocycles. The second-order valence-corrected chi connectivity index (χ2v) is 6.96. The van der Waals surface area contributed by atoms with E-state index in [1.807, 2.05) is 38.4 Å². The van der Waals surface area contributed by atoms with E-state index < -0.39 is 33.6 Å². The monoisotopic (exact) mass is 372 g/mol. The number of rotatable bonds is 10. The van der Waals surface area contributed by atoms with Crippen molar-refractivity contribution in [3.63, 3.8) is 0 Å². The van der Waals surface area contributed by atoms with Crippen LogP contribution in [0.15, 0.2) is 0 Å². The number of carbonyl (C=O) groups is 1. The third kappa shape index (κ3) is 8.78. The van der Waals surface area contributed by atoms with Crippen LogP contribution < -0.4 is 5.32 Å². The number of amides is 1. The summed E-state index contributed by atoms with van der Waals surface area (Å²) in [6.45, 7) is 7.03. The highest BCUT2D eigenvalue weighted by Gasteiger charge is 2.39. The molecule has 0 rings (SSSR count). The lowest BCUT2D eigenvalue weighted by Gasteiger charge is -2.36. The van der Waals surface area contributed by atoms with Crippen LogP contribution in [0.3, 0.4) is 0 Å². The fourth-order valence-electron chi connectivity index (χ4n) is 1.78. The van der Waals surface area contributed by atoms with Crippen molar-refractivity contribution >= 4 is 14.4 Å². The van der Waals surface area contributed by atoms with E-state index in [-0.39, 0.29) is 31.7 Å². The van der Waals surface area contributed by atoms with Crippen LogP contribution in [0.2, 0.25) is 0 Å². The van der Waals surface area contributed by atoms with Crippen LogP contribution in [0.25, 0.3) is 0 Å². The molecule has 2 atom stereocenters. The van der Waals surface area contributed by atoms with Crippen molar-refractivity contribution in [2.45, 2.75) is 65.3 Å². The highest BCUT2D eigenvalue weighted by Crippen LogP contribution is 2.46. The quantitative estimate of drug-likeness (QED) is 0.470. The summed E-state index contributed by atoms with van der Waals surface area (Å²) in [7, 11) is -1.64. The molecule has 1 unspecified atom stereocenters. The van der Waals surface area contributed by atoms with Gasteiger partial charge in [-0.1, -0.05) is 0 Å². The topological polar surface area (TPSA) is 74.6 Å². The standard InChI is InChI=1S/C14H25F3N3O3P/c1-10(2)20(11(3)4)24(22-8-6-7-18)23-9-12(5)19-13(21)14(15,16)17/h10-12H,6,8-9H2,1-5H3,(H,19,21)/t12-,24?/m0/s1/i5D. The van der Waals surface area contributed by atoms with Crippen molar-refractivity contribution in [1.82, 2.24) is 9.99 Å². The summed E-state index contributed by atoms with van der Waals surface area (Å²) in [6.07, 6.45) is -4.86. The van der Waals surface area contributed by atoms with Crippen LogP contribution in [0.5, 0.6) is 0 Å². The third-order valence-corrected chi connectivity index (χ3v) is 4.72. The van der Waals surface area contributed by atoms with Gasteiger partial charge in [0.2, 0.25) is 0 Å². The lowest BCUT2D eigenvalue weighted by Crippen LogP contribution is -2.44. The fourth-order valence-corrected chi connectivity index (χ4v) is 3.43. The summed E-state index contributed by atoms with van der Waals surface area (Å²) in [5.41, 5.74) is 0. The molecule has 6 nitrogen and oxygen atoms in total. The van der Waals surface area contributed by atoms with Crippen molar-refractivity contribution in [3.05, 3.63) is 0 Å². The second-order valence-electron chi connectivity index (χ2n) is 5.51. The molecule has 1 N–H and O–H groups in total. The van der Waals surface area contributed by atoms with Crippen LogP contribution in [0.1, 0.15) is 42.4 Å². The molecule has 24 heavy (non-hydrogen) atoms. The van der Waals surface area contributed by atoms with E-state index in [4.69, 9.17) is 15.7 Å². The molecule has 1 amide bonds. The van der Waals surface area contributed by atoms with Gasteiger partial charge < -0.3 is 14.4 Å². The summed E-state index contributed by atoms with van der Waals surface area (Å²) in [6, 6.07) is 0.897. The predicted molar refractivity (Wildman–Crippen MR) is 84.8 cm³/mol. The summed E-state index contributed by atoms with van der Waals surface area (Å²) >= 11 is 0. The van der Waals surface area contributed by atoms with Crippen LogP contribution in [-0.4, -0.2) is 48.1 Å². The average molecular weight is 372 g/mol. The van der Waals surface area contributed by atoms with Gasteiger partial charge in [-0.15, -0.1) is 0 Å². The molecule has 0 heterocycles. The molecule has 0 aromatic heterocycles. The Balaban J connectivity index is 4.92. The highest BCUT2D eigenvalue weighted by atomic mass is 31.2. The summed E-state index contributed by atoms with van der Waals surface area (Å²) < 4.78 is 57.3. The number of nitriles is 1. The Morgan fingerprint density at radius 1 is 1.33 bits per heavy atom. The Labute approximate surface area is 143 Å². The molecule has 0 saturated heterocycles. The lowest BCUT2D eigenvalue weighted by atomic mass is 10.3. The molecule has 0 bridgehead atoms. The second kappa shape index (κ2) is 10.8. The van der Waals surface area contributed by atoms with Crippen molar-refractivity contribution in [3.8, 4) is 6.07 Å². The van der Waals surface area contributed by atoms with Crippen LogP contribution in [-0.2, 0) is 13.8 Å². The Hall–Kier alpha value is -0.940. The van der Waals surface area contributed by atoms with Gasteiger partial charge in [0.25, 0.3) is 8.53 Å². The number of halogens is 3.